The van der Waals surface area contributed by atoms with Crippen LogP contribution in [0.25, 0.3) is 0 Å². The summed E-state index contributed by atoms with van der Waals surface area (Å²) in [4.78, 5) is 23.0. The smallest absolute Gasteiger partial charge is 0.314 e. The summed E-state index contributed by atoms with van der Waals surface area (Å²) < 4.78 is 5.00. The molecule has 0 saturated heterocycles. The molecule has 0 saturated carbocycles. The second kappa shape index (κ2) is 5.50. The highest BCUT2D eigenvalue weighted by Crippen LogP contribution is 2.08. The molecule has 2 heterocycles. The van der Waals surface area contributed by atoms with E-state index in [-0.39, 0.29) is 17.9 Å². The Morgan fingerprint density at radius 1 is 1.47 bits per heavy atom. The second-order valence-electron chi connectivity index (χ2n) is 3.49. The zero-order valence-corrected chi connectivity index (χ0v) is 9.64. The number of carbonyl (C=O) groups is 2. The number of nitrogens with zero attached hydrogens (tertiary/aromatic N) is 2. The van der Waals surface area contributed by atoms with Crippen LogP contribution in [0.4, 0.5) is 5.82 Å². The van der Waals surface area contributed by atoms with Gasteiger partial charge in [-0.15, -0.1) is 0 Å². The van der Waals surface area contributed by atoms with Crippen molar-refractivity contribution in [3.8, 4) is 6.07 Å². The molecule has 0 spiro atoms. The number of hydrogen-bond acceptors (Lipinski definition) is 5. The van der Waals surface area contributed by atoms with E-state index in [1.807, 2.05) is 6.07 Å². The predicted octanol–water partition coefficient (Wildman–Crippen LogP) is 0.129. The van der Waals surface area contributed by atoms with E-state index in [1.54, 1.807) is 12.1 Å². The number of nitriles is 1. The van der Waals surface area contributed by atoms with Crippen molar-refractivity contribution in [3.05, 3.63) is 35.9 Å². The van der Waals surface area contributed by atoms with E-state index >= 15 is 0 Å². The first kappa shape index (κ1) is 12.4. The van der Waals surface area contributed by atoms with Gasteiger partial charge in [-0.3, -0.25) is 14.7 Å². The molecule has 0 atom stereocenters. The zero-order valence-electron chi connectivity index (χ0n) is 9.64. The number of hydrogen-bond donors (Lipinski definition) is 3. The highest BCUT2D eigenvalue weighted by molar-refractivity contribution is 6.39. The first-order valence-electron chi connectivity index (χ1n) is 5.25. The third-order valence-corrected chi connectivity index (χ3v) is 2.21. The minimum atomic E-state index is -0.896. The Balaban J connectivity index is 1.89. The third-order valence-electron chi connectivity index (χ3n) is 2.21. The SMILES string of the molecule is N#Cc1cn[nH]c1NC(=O)C(=O)NCc1ccco1. The molecule has 0 aliphatic heterocycles. The molecule has 2 rings (SSSR count). The van der Waals surface area contributed by atoms with Gasteiger partial charge in [0, 0.05) is 0 Å². The molecular formula is C11H9N5O3. The molecule has 0 aliphatic carbocycles. The second-order valence-corrected chi connectivity index (χ2v) is 3.49. The van der Waals surface area contributed by atoms with Gasteiger partial charge in [-0.1, -0.05) is 0 Å². The summed E-state index contributed by atoms with van der Waals surface area (Å²) in [5.41, 5.74) is 0.146. The maximum absolute atomic E-state index is 11.5. The predicted molar refractivity (Wildman–Crippen MR) is 62.5 cm³/mol. The van der Waals surface area contributed by atoms with Crippen LogP contribution in [-0.4, -0.2) is 22.0 Å². The maximum atomic E-state index is 11.5. The van der Waals surface area contributed by atoms with Gasteiger partial charge in [0.15, 0.2) is 0 Å². The van der Waals surface area contributed by atoms with Gasteiger partial charge < -0.3 is 15.1 Å². The number of rotatable bonds is 3. The molecule has 2 aromatic rings. The first-order chi connectivity index (χ1) is 9.20. The summed E-state index contributed by atoms with van der Waals surface area (Å²) in [7, 11) is 0. The molecule has 2 amide bonds. The van der Waals surface area contributed by atoms with Gasteiger partial charge in [0.2, 0.25) is 0 Å². The summed E-state index contributed by atoms with van der Waals surface area (Å²) >= 11 is 0. The summed E-state index contributed by atoms with van der Waals surface area (Å²) in [5.74, 6) is -1.12. The molecule has 0 radical (unpaired) electrons. The van der Waals surface area contributed by atoms with Crippen LogP contribution >= 0.6 is 0 Å². The van der Waals surface area contributed by atoms with Crippen LogP contribution in [0, 0.1) is 11.3 Å². The lowest BCUT2D eigenvalue weighted by Gasteiger charge is -2.03. The Morgan fingerprint density at radius 2 is 2.32 bits per heavy atom. The molecule has 0 aromatic carbocycles. The lowest BCUT2D eigenvalue weighted by molar-refractivity contribution is -0.136. The minimum absolute atomic E-state index is 0.0839. The van der Waals surface area contributed by atoms with Crippen molar-refractivity contribution in [2.24, 2.45) is 0 Å². The van der Waals surface area contributed by atoms with Gasteiger partial charge in [0.25, 0.3) is 0 Å². The van der Waals surface area contributed by atoms with Crippen LogP contribution in [-0.2, 0) is 16.1 Å². The fraction of sp³-hybridized carbons (Fsp3) is 0.0909. The quantitative estimate of drug-likeness (QED) is 0.676. The van der Waals surface area contributed by atoms with Crippen molar-refractivity contribution in [1.29, 1.82) is 5.26 Å². The Labute approximate surface area is 107 Å². The van der Waals surface area contributed by atoms with Crippen molar-refractivity contribution in [3.63, 3.8) is 0 Å². The average Bonchev–Trinajstić information content (AvgIpc) is 3.06. The topological polar surface area (TPSA) is 124 Å². The van der Waals surface area contributed by atoms with Crippen LogP contribution in [0.2, 0.25) is 0 Å². The van der Waals surface area contributed by atoms with Gasteiger partial charge in [-0.2, -0.15) is 10.4 Å². The summed E-state index contributed by atoms with van der Waals surface area (Å²) in [6.07, 6.45) is 2.71. The van der Waals surface area contributed by atoms with Gasteiger partial charge in [-0.05, 0) is 12.1 Å². The third kappa shape index (κ3) is 2.98. The van der Waals surface area contributed by atoms with Gasteiger partial charge in [-0.25, -0.2) is 0 Å². The van der Waals surface area contributed by atoms with E-state index in [0.717, 1.165) is 0 Å². The van der Waals surface area contributed by atoms with Crippen LogP contribution < -0.4 is 10.6 Å². The monoisotopic (exact) mass is 259 g/mol. The van der Waals surface area contributed by atoms with Gasteiger partial charge in [0.1, 0.15) is 23.2 Å². The highest BCUT2D eigenvalue weighted by Gasteiger charge is 2.16. The van der Waals surface area contributed by atoms with Gasteiger partial charge >= 0.3 is 11.8 Å². The van der Waals surface area contributed by atoms with E-state index < -0.39 is 11.8 Å². The van der Waals surface area contributed by atoms with Crippen LogP contribution in [0.15, 0.2) is 29.0 Å². The number of aromatic nitrogens is 2. The number of amides is 2. The molecule has 0 unspecified atom stereocenters. The van der Waals surface area contributed by atoms with Gasteiger partial charge in [0.05, 0.1) is 19.0 Å². The first-order valence-corrected chi connectivity index (χ1v) is 5.25. The number of furan rings is 1. The number of carbonyl (C=O) groups excluding carboxylic acids is 2. The maximum Gasteiger partial charge on any atom is 0.314 e. The summed E-state index contributed by atoms with van der Waals surface area (Å²) in [6.45, 7) is 0.105. The van der Waals surface area contributed by atoms with Crippen molar-refractivity contribution >= 4 is 17.6 Å². The molecule has 3 N–H and O–H groups in total. The lowest BCUT2D eigenvalue weighted by atomic mass is 10.3. The summed E-state index contributed by atoms with van der Waals surface area (Å²) in [5, 5.41) is 19.3. The standard InChI is InChI=1S/C11H9N5O3/c12-4-7-5-14-16-9(7)15-11(18)10(17)13-6-8-2-1-3-19-8/h1-3,5H,6H2,(H,13,17)(H2,14,15,16,18). The fourth-order valence-electron chi connectivity index (χ4n) is 1.30. The zero-order chi connectivity index (χ0) is 13.7. The van der Waals surface area contributed by atoms with Crippen LogP contribution in [0.1, 0.15) is 11.3 Å². The number of nitrogens with one attached hydrogen (secondary N) is 3. The minimum Gasteiger partial charge on any atom is -0.467 e. The average molecular weight is 259 g/mol. The Hall–Kier alpha value is -3.08. The Kier molecular flexibility index (Phi) is 3.59. The Morgan fingerprint density at radius 3 is 3.00 bits per heavy atom. The number of aromatic amines is 1. The van der Waals surface area contributed by atoms with Crippen molar-refractivity contribution in [2.75, 3.05) is 5.32 Å². The molecule has 0 bridgehead atoms. The largest absolute Gasteiger partial charge is 0.467 e. The number of H-pyrrole nitrogens is 1. The highest BCUT2D eigenvalue weighted by atomic mass is 16.3. The van der Waals surface area contributed by atoms with E-state index in [4.69, 9.17) is 9.68 Å². The molecule has 2 aromatic heterocycles. The molecule has 96 valence electrons. The van der Waals surface area contributed by atoms with Crippen LogP contribution in [0.3, 0.4) is 0 Å². The molecule has 8 nitrogen and oxygen atoms in total. The van der Waals surface area contributed by atoms with Crippen LogP contribution in [0.5, 0.6) is 0 Å². The molecule has 8 heteroatoms. The van der Waals surface area contributed by atoms with Crippen molar-refractivity contribution in [1.82, 2.24) is 15.5 Å². The van der Waals surface area contributed by atoms with E-state index in [2.05, 4.69) is 20.8 Å². The lowest BCUT2D eigenvalue weighted by Crippen LogP contribution is -2.35. The van der Waals surface area contributed by atoms with Crippen molar-refractivity contribution in [2.45, 2.75) is 6.54 Å². The van der Waals surface area contributed by atoms with E-state index in [0.29, 0.717) is 5.76 Å². The molecule has 19 heavy (non-hydrogen) atoms. The summed E-state index contributed by atoms with van der Waals surface area (Å²) in [6, 6.07) is 5.16. The van der Waals surface area contributed by atoms with Crippen molar-refractivity contribution < 1.29 is 14.0 Å². The molecule has 0 fully saturated rings. The fourth-order valence-corrected chi connectivity index (χ4v) is 1.30. The number of anilines is 1. The normalized spacial score (nSPS) is 9.63. The van der Waals surface area contributed by atoms with E-state index in [1.165, 1.54) is 12.5 Å². The Bertz CT molecular complexity index is 623. The molecular weight excluding hydrogens is 250 g/mol. The van der Waals surface area contributed by atoms with E-state index in [9.17, 15) is 9.59 Å². The molecule has 0 aliphatic rings.